The fraction of sp³-hybridized carbons (Fsp3) is 0.750. The van der Waals surface area contributed by atoms with Gasteiger partial charge in [0.15, 0.2) is 5.78 Å². The van der Waals surface area contributed by atoms with Crippen LogP contribution in [-0.4, -0.2) is 5.78 Å². The van der Waals surface area contributed by atoms with E-state index < -0.39 is 0 Å². The summed E-state index contributed by atoms with van der Waals surface area (Å²) >= 11 is 0. The fourth-order valence-electron chi connectivity index (χ4n) is 2.14. The molecule has 0 saturated heterocycles. The van der Waals surface area contributed by atoms with Crippen molar-refractivity contribution in [3.63, 3.8) is 0 Å². The Labute approximate surface area is 81.2 Å². The molecule has 1 heteroatoms. The highest BCUT2D eigenvalue weighted by molar-refractivity contribution is 5.91. The molecule has 1 nitrogen and oxygen atoms in total. The van der Waals surface area contributed by atoms with E-state index in [9.17, 15) is 4.79 Å². The number of carbonyl (C=O) groups is 1. The van der Waals surface area contributed by atoms with E-state index in [0.29, 0.717) is 11.7 Å². The Hall–Kier alpha value is -0.590. The molecule has 13 heavy (non-hydrogen) atoms. The van der Waals surface area contributed by atoms with E-state index in [4.69, 9.17) is 0 Å². The van der Waals surface area contributed by atoms with E-state index >= 15 is 0 Å². The second-order valence-corrected chi connectivity index (χ2v) is 3.96. The van der Waals surface area contributed by atoms with Gasteiger partial charge in [-0.25, -0.2) is 0 Å². The summed E-state index contributed by atoms with van der Waals surface area (Å²) in [6.07, 6.45) is 8.57. The molecule has 1 rings (SSSR count). The van der Waals surface area contributed by atoms with Crippen LogP contribution in [0.2, 0.25) is 0 Å². The summed E-state index contributed by atoms with van der Waals surface area (Å²) in [5.74, 6) is 1.05. The van der Waals surface area contributed by atoms with Gasteiger partial charge in [-0.1, -0.05) is 32.3 Å². The van der Waals surface area contributed by atoms with E-state index in [1.807, 2.05) is 6.08 Å². The first-order valence-corrected chi connectivity index (χ1v) is 5.51. The van der Waals surface area contributed by atoms with Crippen molar-refractivity contribution in [1.82, 2.24) is 0 Å². The molecule has 0 spiro atoms. The molecule has 0 aromatic rings. The van der Waals surface area contributed by atoms with Crippen molar-refractivity contribution in [3.8, 4) is 0 Å². The van der Waals surface area contributed by atoms with Crippen molar-refractivity contribution < 1.29 is 4.79 Å². The maximum Gasteiger partial charge on any atom is 0.155 e. The molecule has 74 valence electrons. The lowest BCUT2D eigenvalue weighted by atomic mass is 9.82. The molecule has 0 unspecified atom stereocenters. The number of ketones is 1. The number of hydrogen-bond donors (Lipinski definition) is 0. The lowest BCUT2D eigenvalue weighted by molar-refractivity contribution is -0.115. The van der Waals surface area contributed by atoms with Crippen molar-refractivity contribution in [2.24, 2.45) is 5.92 Å². The van der Waals surface area contributed by atoms with Crippen molar-refractivity contribution in [2.45, 2.75) is 52.4 Å². The first-order valence-electron chi connectivity index (χ1n) is 5.51. The molecular formula is C12H20O. The summed E-state index contributed by atoms with van der Waals surface area (Å²) in [5.41, 5.74) is 1.42. The molecule has 1 atom stereocenters. The van der Waals surface area contributed by atoms with Crippen molar-refractivity contribution >= 4 is 5.78 Å². The molecule has 0 amide bonds. The zero-order chi connectivity index (χ0) is 9.68. The maximum atomic E-state index is 11.2. The van der Waals surface area contributed by atoms with E-state index in [0.717, 1.165) is 19.3 Å². The van der Waals surface area contributed by atoms with E-state index in [-0.39, 0.29) is 0 Å². The standard InChI is InChI=1S/C12H20O/c1-3-5-10-7-8-12(13)9-11(10)6-4-2/h9-10H,3-8H2,1-2H3/t10-/m0/s1. The summed E-state index contributed by atoms with van der Waals surface area (Å²) in [7, 11) is 0. The number of rotatable bonds is 4. The lowest BCUT2D eigenvalue weighted by Gasteiger charge is -2.22. The van der Waals surface area contributed by atoms with Crippen molar-refractivity contribution in [1.29, 1.82) is 0 Å². The molecule has 0 aromatic carbocycles. The molecule has 0 fully saturated rings. The van der Waals surface area contributed by atoms with Crippen LogP contribution < -0.4 is 0 Å². The van der Waals surface area contributed by atoms with Gasteiger partial charge in [0, 0.05) is 6.42 Å². The summed E-state index contributed by atoms with van der Waals surface area (Å²) in [5, 5.41) is 0. The first-order chi connectivity index (χ1) is 6.27. The zero-order valence-electron chi connectivity index (χ0n) is 8.81. The van der Waals surface area contributed by atoms with Crippen LogP contribution in [0.3, 0.4) is 0 Å². The highest BCUT2D eigenvalue weighted by Crippen LogP contribution is 2.29. The number of carbonyl (C=O) groups excluding carboxylic acids is 1. The molecule has 0 radical (unpaired) electrons. The molecule has 0 heterocycles. The largest absolute Gasteiger partial charge is 0.295 e. The summed E-state index contributed by atoms with van der Waals surface area (Å²) in [4.78, 5) is 11.2. The molecular weight excluding hydrogens is 160 g/mol. The molecule has 0 N–H and O–H groups in total. The minimum absolute atomic E-state index is 0.343. The van der Waals surface area contributed by atoms with Gasteiger partial charge in [-0.15, -0.1) is 0 Å². The summed E-state index contributed by atoms with van der Waals surface area (Å²) in [6.45, 7) is 4.41. The molecule has 1 aliphatic carbocycles. The Balaban J connectivity index is 2.62. The van der Waals surface area contributed by atoms with E-state index in [1.54, 1.807) is 0 Å². The molecule has 0 bridgehead atoms. The predicted octanol–water partition coefficient (Wildman–Crippen LogP) is 3.49. The Morgan fingerprint density at radius 1 is 1.38 bits per heavy atom. The van der Waals surface area contributed by atoms with Crippen LogP contribution >= 0.6 is 0 Å². The average Bonchev–Trinajstić information content (AvgIpc) is 2.10. The topological polar surface area (TPSA) is 17.1 Å². The lowest BCUT2D eigenvalue weighted by Crippen LogP contribution is -2.14. The van der Waals surface area contributed by atoms with Crippen LogP contribution in [0.15, 0.2) is 11.6 Å². The Bertz CT molecular complexity index is 203. The minimum atomic E-state index is 0.343. The van der Waals surface area contributed by atoms with Crippen molar-refractivity contribution in [3.05, 3.63) is 11.6 Å². The van der Waals surface area contributed by atoms with Gasteiger partial charge < -0.3 is 0 Å². The fourth-order valence-corrected chi connectivity index (χ4v) is 2.14. The highest BCUT2D eigenvalue weighted by Gasteiger charge is 2.19. The number of hydrogen-bond acceptors (Lipinski definition) is 1. The Kier molecular flexibility index (Phi) is 4.20. The van der Waals surface area contributed by atoms with Gasteiger partial charge in [0.2, 0.25) is 0 Å². The average molecular weight is 180 g/mol. The van der Waals surface area contributed by atoms with Crippen molar-refractivity contribution in [2.75, 3.05) is 0 Å². The predicted molar refractivity (Wildman–Crippen MR) is 55.6 cm³/mol. The van der Waals surface area contributed by atoms with Gasteiger partial charge in [0.1, 0.15) is 0 Å². The SMILES string of the molecule is CCCC1=CC(=O)CC[C@@H]1CCC. The molecule has 0 aromatic heterocycles. The van der Waals surface area contributed by atoms with Gasteiger partial charge in [0.25, 0.3) is 0 Å². The second kappa shape index (κ2) is 5.21. The first kappa shape index (κ1) is 10.5. The Morgan fingerprint density at radius 3 is 2.77 bits per heavy atom. The summed E-state index contributed by atoms with van der Waals surface area (Å²) in [6, 6.07) is 0. The van der Waals surface area contributed by atoms with Crippen LogP contribution in [0.4, 0.5) is 0 Å². The van der Waals surface area contributed by atoms with Gasteiger partial charge in [-0.3, -0.25) is 4.79 Å². The molecule has 0 saturated carbocycles. The van der Waals surface area contributed by atoms with Crippen LogP contribution in [0.5, 0.6) is 0 Å². The highest BCUT2D eigenvalue weighted by atomic mass is 16.1. The van der Waals surface area contributed by atoms with Crippen LogP contribution in [-0.2, 0) is 4.79 Å². The van der Waals surface area contributed by atoms with Crippen LogP contribution in [0, 0.1) is 5.92 Å². The molecule has 0 aliphatic heterocycles. The smallest absolute Gasteiger partial charge is 0.155 e. The van der Waals surface area contributed by atoms with Crippen LogP contribution in [0.1, 0.15) is 52.4 Å². The van der Waals surface area contributed by atoms with Gasteiger partial charge in [0.05, 0.1) is 0 Å². The number of allylic oxidation sites excluding steroid dienone is 2. The van der Waals surface area contributed by atoms with Gasteiger partial charge in [-0.2, -0.15) is 0 Å². The third-order valence-electron chi connectivity index (χ3n) is 2.79. The zero-order valence-corrected chi connectivity index (χ0v) is 8.81. The van der Waals surface area contributed by atoms with E-state index in [2.05, 4.69) is 13.8 Å². The Morgan fingerprint density at radius 2 is 2.15 bits per heavy atom. The third kappa shape index (κ3) is 2.98. The summed E-state index contributed by atoms with van der Waals surface area (Å²) < 4.78 is 0. The normalized spacial score (nSPS) is 23.1. The molecule has 1 aliphatic rings. The third-order valence-corrected chi connectivity index (χ3v) is 2.79. The minimum Gasteiger partial charge on any atom is -0.295 e. The van der Waals surface area contributed by atoms with Crippen LogP contribution in [0.25, 0.3) is 0 Å². The van der Waals surface area contributed by atoms with Gasteiger partial charge >= 0.3 is 0 Å². The van der Waals surface area contributed by atoms with Gasteiger partial charge in [-0.05, 0) is 31.3 Å². The second-order valence-electron chi connectivity index (χ2n) is 3.96. The monoisotopic (exact) mass is 180 g/mol. The quantitative estimate of drug-likeness (QED) is 0.647. The van der Waals surface area contributed by atoms with E-state index in [1.165, 1.54) is 24.8 Å². The maximum absolute atomic E-state index is 11.2.